The summed E-state index contributed by atoms with van der Waals surface area (Å²) < 4.78 is 0. The summed E-state index contributed by atoms with van der Waals surface area (Å²) in [7, 11) is 0. The number of nitrogens with one attached hydrogen (secondary N) is 1. The monoisotopic (exact) mass is 333 g/mol. The summed E-state index contributed by atoms with van der Waals surface area (Å²) in [6.07, 6.45) is 1.66. The van der Waals surface area contributed by atoms with Crippen molar-refractivity contribution in [2.75, 3.05) is 6.54 Å². The predicted octanol–water partition coefficient (Wildman–Crippen LogP) is 4.82. The molecule has 0 radical (unpaired) electrons. The highest BCUT2D eigenvalue weighted by Gasteiger charge is 2.10. The van der Waals surface area contributed by atoms with Crippen molar-refractivity contribution in [1.29, 1.82) is 0 Å². The van der Waals surface area contributed by atoms with E-state index in [-0.39, 0.29) is 6.04 Å². The lowest BCUT2D eigenvalue weighted by Gasteiger charge is -2.17. The van der Waals surface area contributed by atoms with Crippen molar-refractivity contribution >= 4 is 16.7 Å². The lowest BCUT2D eigenvalue weighted by Crippen LogP contribution is -2.20. The van der Waals surface area contributed by atoms with Gasteiger partial charge in [-0.05, 0) is 54.3 Å². The van der Waals surface area contributed by atoms with Crippen LogP contribution in [0.25, 0.3) is 10.8 Å². The maximum Gasteiger partial charge on any atom is 0.335 e. The van der Waals surface area contributed by atoms with Gasteiger partial charge < -0.3 is 10.4 Å². The molecule has 0 bridgehead atoms. The minimum absolute atomic E-state index is 0.251. The molecule has 2 N–H and O–H groups in total. The van der Waals surface area contributed by atoms with Gasteiger partial charge in [-0.25, -0.2) is 4.79 Å². The maximum absolute atomic E-state index is 11.3. The molecule has 0 aliphatic rings. The topological polar surface area (TPSA) is 49.3 Å². The van der Waals surface area contributed by atoms with Crippen molar-refractivity contribution in [3.63, 3.8) is 0 Å². The summed E-state index contributed by atoms with van der Waals surface area (Å²) in [5.74, 6) is -0.854. The Balaban J connectivity index is 1.60. The van der Waals surface area contributed by atoms with Gasteiger partial charge in [0, 0.05) is 6.04 Å². The third kappa shape index (κ3) is 4.06. The molecule has 0 spiro atoms. The molecule has 25 heavy (non-hydrogen) atoms. The first-order valence-corrected chi connectivity index (χ1v) is 8.69. The maximum atomic E-state index is 11.3. The second-order valence-electron chi connectivity index (χ2n) is 6.31. The SMILES string of the molecule is CC(NCCCc1ccccc1C(=O)O)c1cccc2ccccc12. The van der Waals surface area contributed by atoms with Gasteiger partial charge in [0.15, 0.2) is 0 Å². The van der Waals surface area contributed by atoms with Crippen molar-refractivity contribution in [1.82, 2.24) is 5.32 Å². The van der Waals surface area contributed by atoms with Crippen LogP contribution in [0.4, 0.5) is 0 Å². The Morgan fingerprint density at radius 2 is 1.72 bits per heavy atom. The van der Waals surface area contributed by atoms with Gasteiger partial charge >= 0.3 is 5.97 Å². The van der Waals surface area contributed by atoms with E-state index in [1.807, 2.05) is 12.1 Å². The highest BCUT2D eigenvalue weighted by molar-refractivity contribution is 5.89. The van der Waals surface area contributed by atoms with E-state index >= 15 is 0 Å². The summed E-state index contributed by atoms with van der Waals surface area (Å²) in [4.78, 5) is 11.3. The standard InChI is InChI=1S/C22H23NO2/c1-16(19-14-6-10-17-8-2-4-12-20(17)19)23-15-7-11-18-9-3-5-13-21(18)22(24)25/h2-6,8-10,12-14,16,23H,7,11,15H2,1H3,(H,24,25). The molecule has 1 atom stereocenters. The third-order valence-corrected chi connectivity index (χ3v) is 4.61. The first-order chi connectivity index (χ1) is 12.2. The zero-order chi connectivity index (χ0) is 17.6. The molecule has 3 aromatic carbocycles. The van der Waals surface area contributed by atoms with Crippen LogP contribution < -0.4 is 5.32 Å². The number of fused-ring (bicyclic) bond motifs is 1. The molecule has 0 fully saturated rings. The van der Waals surface area contributed by atoms with Gasteiger partial charge in [0.1, 0.15) is 0 Å². The van der Waals surface area contributed by atoms with Crippen LogP contribution >= 0.6 is 0 Å². The Bertz CT molecular complexity index is 867. The molecule has 0 saturated carbocycles. The normalized spacial score (nSPS) is 12.2. The fourth-order valence-electron chi connectivity index (χ4n) is 3.28. The Hall–Kier alpha value is -2.65. The average molecular weight is 333 g/mol. The number of aromatic carboxylic acids is 1. The Labute approximate surface area is 148 Å². The van der Waals surface area contributed by atoms with Gasteiger partial charge in [0.2, 0.25) is 0 Å². The molecule has 3 rings (SSSR count). The molecule has 0 aliphatic heterocycles. The number of rotatable bonds is 7. The van der Waals surface area contributed by atoms with Crippen LogP contribution in [0.1, 0.15) is 40.9 Å². The molecule has 3 aromatic rings. The summed E-state index contributed by atoms with van der Waals surface area (Å²) in [5, 5.41) is 15.3. The van der Waals surface area contributed by atoms with Gasteiger partial charge in [-0.1, -0.05) is 60.7 Å². The molecular weight excluding hydrogens is 310 g/mol. The van der Waals surface area contributed by atoms with Crippen LogP contribution in [0.5, 0.6) is 0 Å². The molecule has 0 aliphatic carbocycles. The largest absolute Gasteiger partial charge is 0.478 e. The predicted molar refractivity (Wildman–Crippen MR) is 102 cm³/mol. The quantitative estimate of drug-likeness (QED) is 0.609. The van der Waals surface area contributed by atoms with Crippen LogP contribution in [0, 0.1) is 0 Å². The van der Waals surface area contributed by atoms with E-state index in [4.69, 9.17) is 0 Å². The summed E-state index contributed by atoms with van der Waals surface area (Å²) in [6, 6.07) is 22.3. The van der Waals surface area contributed by atoms with Gasteiger partial charge in [-0.3, -0.25) is 0 Å². The second-order valence-corrected chi connectivity index (χ2v) is 6.31. The number of hydrogen-bond acceptors (Lipinski definition) is 2. The summed E-state index contributed by atoms with van der Waals surface area (Å²) in [6.45, 7) is 3.02. The number of benzene rings is 3. The van der Waals surface area contributed by atoms with Crippen molar-refractivity contribution in [3.8, 4) is 0 Å². The first-order valence-electron chi connectivity index (χ1n) is 8.69. The van der Waals surface area contributed by atoms with Gasteiger partial charge in [-0.15, -0.1) is 0 Å². The van der Waals surface area contributed by atoms with Crippen LogP contribution in [-0.4, -0.2) is 17.6 Å². The summed E-state index contributed by atoms with van der Waals surface area (Å²) >= 11 is 0. The minimum atomic E-state index is -0.854. The van der Waals surface area contributed by atoms with Crippen LogP contribution in [-0.2, 0) is 6.42 Å². The summed E-state index contributed by atoms with van der Waals surface area (Å²) in [5.41, 5.74) is 2.60. The first kappa shape index (κ1) is 17.2. The molecule has 0 heterocycles. The highest BCUT2D eigenvalue weighted by Crippen LogP contribution is 2.24. The van der Waals surface area contributed by atoms with E-state index in [1.54, 1.807) is 12.1 Å². The Kier molecular flexibility index (Phi) is 5.46. The zero-order valence-electron chi connectivity index (χ0n) is 14.4. The van der Waals surface area contributed by atoms with Crippen LogP contribution in [0.2, 0.25) is 0 Å². The molecule has 128 valence electrons. The Morgan fingerprint density at radius 3 is 2.56 bits per heavy atom. The van der Waals surface area contributed by atoms with Crippen molar-refractivity contribution in [2.24, 2.45) is 0 Å². The van der Waals surface area contributed by atoms with E-state index in [9.17, 15) is 9.90 Å². The number of aryl methyl sites for hydroxylation is 1. The van der Waals surface area contributed by atoms with Crippen molar-refractivity contribution in [2.45, 2.75) is 25.8 Å². The van der Waals surface area contributed by atoms with E-state index in [0.717, 1.165) is 24.9 Å². The fraction of sp³-hybridized carbons (Fsp3) is 0.227. The molecule has 3 heteroatoms. The minimum Gasteiger partial charge on any atom is -0.478 e. The third-order valence-electron chi connectivity index (χ3n) is 4.61. The van der Waals surface area contributed by atoms with Crippen LogP contribution in [0.15, 0.2) is 66.7 Å². The van der Waals surface area contributed by atoms with Gasteiger partial charge in [-0.2, -0.15) is 0 Å². The lowest BCUT2D eigenvalue weighted by molar-refractivity contribution is 0.0695. The average Bonchev–Trinajstić information content (AvgIpc) is 2.64. The highest BCUT2D eigenvalue weighted by atomic mass is 16.4. The van der Waals surface area contributed by atoms with Crippen molar-refractivity contribution < 1.29 is 9.90 Å². The van der Waals surface area contributed by atoms with Gasteiger partial charge in [0.05, 0.1) is 5.56 Å². The number of carboxylic acids is 1. The number of carbonyl (C=O) groups is 1. The molecule has 0 aromatic heterocycles. The van der Waals surface area contributed by atoms with Gasteiger partial charge in [0.25, 0.3) is 0 Å². The zero-order valence-corrected chi connectivity index (χ0v) is 14.4. The van der Waals surface area contributed by atoms with E-state index < -0.39 is 5.97 Å². The lowest BCUT2D eigenvalue weighted by atomic mass is 9.99. The molecule has 1 unspecified atom stereocenters. The van der Waals surface area contributed by atoms with E-state index in [1.165, 1.54) is 16.3 Å². The van der Waals surface area contributed by atoms with Crippen LogP contribution in [0.3, 0.4) is 0 Å². The number of hydrogen-bond donors (Lipinski definition) is 2. The number of carboxylic acid groups (broad SMARTS) is 1. The smallest absolute Gasteiger partial charge is 0.335 e. The van der Waals surface area contributed by atoms with E-state index in [0.29, 0.717) is 5.56 Å². The Morgan fingerprint density at radius 1 is 1.00 bits per heavy atom. The van der Waals surface area contributed by atoms with E-state index in [2.05, 4.69) is 54.7 Å². The molecule has 3 nitrogen and oxygen atoms in total. The molecular formula is C22H23NO2. The second kappa shape index (κ2) is 7.95. The molecule has 0 saturated heterocycles. The van der Waals surface area contributed by atoms with Crippen molar-refractivity contribution in [3.05, 3.63) is 83.4 Å². The fourth-order valence-corrected chi connectivity index (χ4v) is 3.28. The molecule has 0 amide bonds.